The van der Waals surface area contributed by atoms with E-state index in [1.165, 1.54) is 0 Å². The maximum atomic E-state index is 14.7. The molecule has 6 heteroatoms. The second-order valence-electron chi connectivity index (χ2n) is 7.19. The van der Waals surface area contributed by atoms with Crippen molar-refractivity contribution in [3.63, 3.8) is 0 Å². The molecule has 0 spiro atoms. The van der Waals surface area contributed by atoms with E-state index in [0.717, 1.165) is 5.56 Å². The van der Waals surface area contributed by atoms with Gasteiger partial charge in [-0.25, -0.2) is 4.39 Å². The molecule has 0 radical (unpaired) electrons. The van der Waals surface area contributed by atoms with Crippen LogP contribution in [0.2, 0.25) is 0 Å². The molecule has 0 atom stereocenters. The van der Waals surface area contributed by atoms with Crippen molar-refractivity contribution < 1.29 is 9.18 Å². The van der Waals surface area contributed by atoms with Crippen LogP contribution in [0.15, 0.2) is 47.4 Å². The van der Waals surface area contributed by atoms with Crippen LogP contribution in [0.1, 0.15) is 34.3 Å². The lowest BCUT2D eigenvalue weighted by Gasteiger charge is -2.30. The van der Waals surface area contributed by atoms with Gasteiger partial charge in [0.15, 0.2) is 0 Å². The van der Waals surface area contributed by atoms with Crippen LogP contribution in [0, 0.1) is 6.92 Å². The minimum Gasteiger partial charge on any atom is -0.349 e. The Kier molecular flexibility index (Phi) is 6.06. The van der Waals surface area contributed by atoms with Gasteiger partial charge >= 0.3 is 0 Å². The zero-order valence-electron chi connectivity index (χ0n) is 15.6. The summed E-state index contributed by atoms with van der Waals surface area (Å²) >= 11 is 0. The number of halogens is 1. The summed E-state index contributed by atoms with van der Waals surface area (Å²) in [5.74, 6) is -0.498. The summed E-state index contributed by atoms with van der Waals surface area (Å²) in [7, 11) is 0. The number of rotatable bonds is 6. The number of carbonyl (C=O) groups is 1. The third kappa shape index (κ3) is 4.83. The van der Waals surface area contributed by atoms with Crippen LogP contribution in [0.25, 0.3) is 0 Å². The Bertz CT molecular complexity index is 842. The van der Waals surface area contributed by atoms with Gasteiger partial charge in [0.2, 0.25) is 0 Å². The van der Waals surface area contributed by atoms with E-state index < -0.39 is 11.6 Å². The first-order chi connectivity index (χ1) is 13.0. The molecule has 5 nitrogen and oxygen atoms in total. The molecule has 27 heavy (non-hydrogen) atoms. The number of pyridine rings is 1. The minimum absolute atomic E-state index is 0.0642. The summed E-state index contributed by atoms with van der Waals surface area (Å²) in [6.45, 7) is 3.35. The lowest BCUT2D eigenvalue weighted by atomic mass is 9.94. The number of nitrogens with zero attached hydrogens (tertiary/aromatic N) is 1. The molecule has 1 amide bonds. The van der Waals surface area contributed by atoms with Crippen LogP contribution in [0.4, 0.5) is 4.39 Å². The number of hydrogen-bond acceptors (Lipinski definition) is 3. The first kappa shape index (κ1) is 19.3. The summed E-state index contributed by atoms with van der Waals surface area (Å²) in [6.07, 6.45) is 3.14. The Morgan fingerprint density at radius 1 is 1.22 bits per heavy atom. The maximum Gasteiger partial charge on any atom is 0.263 e. The molecule has 1 fully saturated rings. The van der Waals surface area contributed by atoms with E-state index in [0.29, 0.717) is 44.5 Å². The Morgan fingerprint density at radius 2 is 1.93 bits per heavy atom. The number of carbonyl (C=O) groups excluding carboxylic acids is 1. The number of hydrogen-bond donors (Lipinski definition) is 2. The smallest absolute Gasteiger partial charge is 0.263 e. The number of alkyl halides is 1. The Labute approximate surface area is 158 Å². The van der Waals surface area contributed by atoms with Gasteiger partial charge in [-0.3, -0.25) is 9.59 Å². The molecular weight excluding hydrogens is 345 g/mol. The third-order valence-electron chi connectivity index (χ3n) is 5.15. The highest BCUT2D eigenvalue weighted by atomic mass is 19.1. The lowest BCUT2D eigenvalue weighted by molar-refractivity contribution is 0.0834. The summed E-state index contributed by atoms with van der Waals surface area (Å²) in [5, 5.41) is 5.74. The van der Waals surface area contributed by atoms with Crippen LogP contribution in [0.3, 0.4) is 0 Å². The highest BCUT2D eigenvalue weighted by Gasteiger charge is 2.32. The van der Waals surface area contributed by atoms with Gasteiger partial charge < -0.3 is 15.2 Å². The third-order valence-corrected chi connectivity index (χ3v) is 5.15. The van der Waals surface area contributed by atoms with Gasteiger partial charge in [0.25, 0.3) is 11.5 Å². The van der Waals surface area contributed by atoms with Crippen LogP contribution in [-0.2, 0) is 13.0 Å². The van der Waals surface area contributed by atoms with Gasteiger partial charge in [-0.15, -0.1) is 0 Å². The fourth-order valence-corrected chi connectivity index (χ4v) is 3.39. The molecule has 2 N–H and O–H groups in total. The second-order valence-corrected chi connectivity index (χ2v) is 7.19. The summed E-state index contributed by atoms with van der Waals surface area (Å²) in [6, 6.07) is 11.6. The molecular formula is C21H26FN3O2. The van der Waals surface area contributed by atoms with Gasteiger partial charge in [-0.1, -0.05) is 30.3 Å². The van der Waals surface area contributed by atoms with E-state index in [4.69, 9.17) is 0 Å². The maximum absolute atomic E-state index is 14.7. The first-order valence-corrected chi connectivity index (χ1v) is 9.40. The molecule has 0 bridgehead atoms. The number of aromatic nitrogens is 1. The molecule has 2 heterocycles. The van der Waals surface area contributed by atoms with Crippen molar-refractivity contribution in [1.29, 1.82) is 0 Å². The predicted octanol–water partition coefficient (Wildman–Crippen LogP) is 2.22. The zero-order valence-corrected chi connectivity index (χ0v) is 15.6. The highest BCUT2D eigenvalue weighted by molar-refractivity contribution is 5.95. The largest absolute Gasteiger partial charge is 0.349 e. The SMILES string of the molecule is Cc1ccn(CCc2ccccc2)c(=O)c1C(=O)NCC1(F)CCNCC1. The van der Waals surface area contributed by atoms with E-state index in [9.17, 15) is 14.0 Å². The topological polar surface area (TPSA) is 63.1 Å². The fraction of sp³-hybridized carbons (Fsp3) is 0.429. The Hall–Kier alpha value is -2.47. The highest BCUT2D eigenvalue weighted by Crippen LogP contribution is 2.22. The molecule has 1 aliphatic rings. The normalized spacial score (nSPS) is 16.1. The van der Waals surface area contributed by atoms with Gasteiger partial charge in [-0.2, -0.15) is 0 Å². The molecule has 1 aromatic carbocycles. The quantitative estimate of drug-likeness (QED) is 0.819. The monoisotopic (exact) mass is 371 g/mol. The second kappa shape index (κ2) is 8.48. The summed E-state index contributed by atoms with van der Waals surface area (Å²) in [4.78, 5) is 25.4. The van der Waals surface area contributed by atoms with Crippen LogP contribution in [0.5, 0.6) is 0 Å². The van der Waals surface area contributed by atoms with Crippen LogP contribution < -0.4 is 16.2 Å². The van der Waals surface area contributed by atoms with Crippen molar-refractivity contribution in [3.8, 4) is 0 Å². The summed E-state index contributed by atoms with van der Waals surface area (Å²) < 4.78 is 16.2. The predicted molar refractivity (Wildman–Crippen MR) is 104 cm³/mol. The van der Waals surface area contributed by atoms with E-state index in [2.05, 4.69) is 10.6 Å². The number of aryl methyl sites for hydroxylation is 3. The van der Waals surface area contributed by atoms with E-state index in [1.807, 2.05) is 30.3 Å². The lowest BCUT2D eigenvalue weighted by Crippen LogP contribution is -2.47. The van der Waals surface area contributed by atoms with Gasteiger partial charge in [0.05, 0.1) is 6.54 Å². The van der Waals surface area contributed by atoms with E-state index >= 15 is 0 Å². The van der Waals surface area contributed by atoms with Crippen molar-refractivity contribution in [1.82, 2.24) is 15.2 Å². The summed E-state index contributed by atoms with van der Waals surface area (Å²) in [5.41, 5.74) is 0.0910. The average Bonchev–Trinajstić information content (AvgIpc) is 2.67. The number of nitrogens with one attached hydrogen (secondary N) is 2. The number of benzene rings is 1. The minimum atomic E-state index is -1.41. The van der Waals surface area contributed by atoms with Crippen molar-refractivity contribution in [2.45, 2.75) is 38.4 Å². The first-order valence-electron chi connectivity index (χ1n) is 9.40. The number of piperidine rings is 1. The number of amides is 1. The van der Waals surface area contributed by atoms with Gasteiger partial charge in [0, 0.05) is 12.7 Å². The van der Waals surface area contributed by atoms with Crippen molar-refractivity contribution in [2.75, 3.05) is 19.6 Å². The van der Waals surface area contributed by atoms with Crippen molar-refractivity contribution in [2.24, 2.45) is 0 Å². The fourth-order valence-electron chi connectivity index (χ4n) is 3.39. The van der Waals surface area contributed by atoms with Crippen molar-refractivity contribution in [3.05, 3.63) is 69.6 Å². The molecule has 1 saturated heterocycles. The van der Waals surface area contributed by atoms with Crippen LogP contribution in [-0.4, -0.2) is 35.8 Å². The Balaban J connectivity index is 1.70. The molecule has 0 saturated carbocycles. The molecule has 0 aliphatic carbocycles. The average molecular weight is 371 g/mol. The Morgan fingerprint density at radius 3 is 2.63 bits per heavy atom. The van der Waals surface area contributed by atoms with Gasteiger partial charge in [-0.05, 0) is 56.5 Å². The van der Waals surface area contributed by atoms with E-state index in [-0.39, 0.29) is 17.7 Å². The zero-order chi connectivity index (χ0) is 19.3. The van der Waals surface area contributed by atoms with Crippen LogP contribution >= 0.6 is 0 Å². The standard InChI is InChI=1S/C21H26FN3O2/c1-16-7-13-25(14-8-17-5-3-2-4-6-17)20(27)18(16)19(26)24-15-21(22)9-11-23-12-10-21/h2-7,13,23H,8-12,14-15H2,1H3,(H,24,26). The molecule has 0 unspecified atom stereocenters. The molecule has 1 aliphatic heterocycles. The van der Waals surface area contributed by atoms with Gasteiger partial charge in [0.1, 0.15) is 11.2 Å². The molecule has 3 rings (SSSR count). The van der Waals surface area contributed by atoms with Crippen molar-refractivity contribution >= 4 is 5.91 Å². The molecule has 144 valence electrons. The van der Waals surface area contributed by atoms with E-state index in [1.54, 1.807) is 23.8 Å². The molecule has 2 aromatic rings. The molecule has 1 aromatic heterocycles.